The fourth-order valence-corrected chi connectivity index (χ4v) is 5.30. The Balaban J connectivity index is 1.50. The number of halogens is 1. The van der Waals surface area contributed by atoms with E-state index in [4.69, 9.17) is 11.6 Å². The highest BCUT2D eigenvalue weighted by Crippen LogP contribution is 2.39. The highest BCUT2D eigenvalue weighted by molar-refractivity contribution is 6.32. The summed E-state index contributed by atoms with van der Waals surface area (Å²) in [7, 11) is 0. The molecule has 2 heterocycles. The van der Waals surface area contributed by atoms with E-state index in [1.54, 1.807) is 12.3 Å². The second-order valence-electron chi connectivity index (χ2n) is 9.71. The number of nitriles is 1. The van der Waals surface area contributed by atoms with Gasteiger partial charge in [0.15, 0.2) is 0 Å². The van der Waals surface area contributed by atoms with Crippen LogP contribution < -0.4 is 5.32 Å². The zero-order valence-corrected chi connectivity index (χ0v) is 22.5. The molecular formula is C33H29ClN4O. The van der Waals surface area contributed by atoms with E-state index in [1.807, 2.05) is 42.5 Å². The van der Waals surface area contributed by atoms with Crippen molar-refractivity contribution in [3.63, 3.8) is 0 Å². The Morgan fingerprint density at radius 2 is 1.79 bits per heavy atom. The molecule has 1 amide bonds. The standard InChI is InChI=1S/C33H29ClN4O/c1-23-12-14-24(15-13-23)21-38-22-30(27-9-2-3-11-31(27)38)29(28-10-6-7-25(20-35)33(28)34)19-32(39)37-18-16-26-8-4-5-17-36-26/h2-15,17,22,29H,16,18-19,21H2,1H3,(H,37,39). The van der Waals surface area contributed by atoms with E-state index in [0.717, 1.165) is 27.7 Å². The molecule has 2 aromatic heterocycles. The van der Waals surface area contributed by atoms with E-state index in [0.29, 0.717) is 30.1 Å². The number of nitrogens with zero attached hydrogens (tertiary/aromatic N) is 3. The first kappa shape index (κ1) is 26.2. The van der Waals surface area contributed by atoms with Crippen molar-refractivity contribution in [2.24, 2.45) is 0 Å². The summed E-state index contributed by atoms with van der Waals surface area (Å²) in [5.74, 6) is -0.408. The molecule has 0 aliphatic carbocycles. The SMILES string of the molecule is Cc1ccc(Cn2cc(C(CC(=O)NCCc3ccccn3)c3cccc(C#N)c3Cl)c3ccccc32)cc1. The van der Waals surface area contributed by atoms with Gasteiger partial charge >= 0.3 is 0 Å². The molecule has 0 bridgehead atoms. The number of para-hydroxylation sites is 1. The Bertz CT molecular complexity index is 1630. The third-order valence-corrected chi connectivity index (χ3v) is 7.43. The molecule has 0 aliphatic rings. The molecular weight excluding hydrogens is 504 g/mol. The minimum atomic E-state index is -0.329. The van der Waals surface area contributed by atoms with Crippen molar-refractivity contribution in [1.82, 2.24) is 14.9 Å². The molecule has 1 atom stereocenters. The Morgan fingerprint density at radius 1 is 1.00 bits per heavy atom. The lowest BCUT2D eigenvalue weighted by Gasteiger charge is -2.19. The lowest BCUT2D eigenvalue weighted by atomic mass is 9.87. The van der Waals surface area contributed by atoms with Gasteiger partial charge in [0.2, 0.25) is 5.91 Å². The number of hydrogen-bond acceptors (Lipinski definition) is 3. The third-order valence-electron chi connectivity index (χ3n) is 7.01. The zero-order valence-electron chi connectivity index (χ0n) is 21.8. The van der Waals surface area contributed by atoms with Crippen molar-refractivity contribution < 1.29 is 4.79 Å². The van der Waals surface area contributed by atoms with E-state index in [9.17, 15) is 10.1 Å². The number of carbonyl (C=O) groups is 1. The number of pyridine rings is 1. The average molecular weight is 533 g/mol. The summed E-state index contributed by atoms with van der Waals surface area (Å²) >= 11 is 6.75. The van der Waals surface area contributed by atoms with Crippen molar-refractivity contribution in [3.05, 3.63) is 136 Å². The van der Waals surface area contributed by atoms with Gasteiger partial charge in [-0.05, 0) is 47.9 Å². The van der Waals surface area contributed by atoms with Crippen LogP contribution in [0.2, 0.25) is 5.02 Å². The van der Waals surface area contributed by atoms with Crippen LogP contribution in [0.1, 0.15) is 45.8 Å². The molecule has 5 nitrogen and oxygen atoms in total. The van der Waals surface area contributed by atoms with Crippen molar-refractivity contribution in [2.75, 3.05) is 6.54 Å². The first-order valence-electron chi connectivity index (χ1n) is 13.0. The van der Waals surface area contributed by atoms with Crippen LogP contribution in [0, 0.1) is 18.3 Å². The van der Waals surface area contributed by atoms with Gasteiger partial charge in [0, 0.05) is 60.8 Å². The van der Waals surface area contributed by atoms with Crippen molar-refractivity contribution in [3.8, 4) is 6.07 Å². The Kier molecular flexibility index (Phi) is 8.05. The first-order valence-corrected chi connectivity index (χ1v) is 13.4. The summed E-state index contributed by atoms with van der Waals surface area (Å²) in [6.07, 6.45) is 4.74. The second-order valence-corrected chi connectivity index (χ2v) is 10.1. The van der Waals surface area contributed by atoms with Crippen molar-refractivity contribution in [2.45, 2.75) is 32.2 Å². The Hall–Kier alpha value is -4.40. The first-order chi connectivity index (χ1) is 19.0. The summed E-state index contributed by atoms with van der Waals surface area (Å²) in [6, 6.07) is 30.2. The molecule has 5 aromatic rings. The van der Waals surface area contributed by atoms with E-state index >= 15 is 0 Å². The molecule has 0 spiro atoms. The maximum Gasteiger partial charge on any atom is 0.220 e. The number of fused-ring (bicyclic) bond motifs is 1. The van der Waals surface area contributed by atoms with Gasteiger partial charge in [-0.15, -0.1) is 0 Å². The van der Waals surface area contributed by atoms with E-state index in [2.05, 4.69) is 70.5 Å². The summed E-state index contributed by atoms with van der Waals surface area (Å²) in [6.45, 7) is 3.28. The number of benzene rings is 3. The largest absolute Gasteiger partial charge is 0.356 e. The van der Waals surface area contributed by atoms with Gasteiger partial charge in [-0.1, -0.05) is 77.8 Å². The molecule has 39 heavy (non-hydrogen) atoms. The van der Waals surface area contributed by atoms with Crippen LogP contribution >= 0.6 is 11.6 Å². The van der Waals surface area contributed by atoms with Crippen molar-refractivity contribution in [1.29, 1.82) is 5.26 Å². The van der Waals surface area contributed by atoms with Crippen LogP contribution in [-0.2, 0) is 17.8 Å². The maximum atomic E-state index is 13.3. The molecule has 6 heteroatoms. The number of nitrogens with one attached hydrogen (secondary N) is 1. The van der Waals surface area contributed by atoms with Gasteiger partial charge in [0.25, 0.3) is 0 Å². The van der Waals surface area contributed by atoms with Crippen LogP contribution in [0.25, 0.3) is 10.9 Å². The summed E-state index contributed by atoms with van der Waals surface area (Å²) in [4.78, 5) is 17.6. The topological polar surface area (TPSA) is 70.7 Å². The fourth-order valence-electron chi connectivity index (χ4n) is 5.00. The third kappa shape index (κ3) is 6.03. The van der Waals surface area contributed by atoms with E-state index in [1.165, 1.54) is 11.1 Å². The number of rotatable bonds is 9. The molecule has 1 N–H and O–H groups in total. The van der Waals surface area contributed by atoms with Gasteiger partial charge < -0.3 is 9.88 Å². The van der Waals surface area contributed by atoms with E-state index < -0.39 is 0 Å². The molecule has 5 rings (SSSR count). The van der Waals surface area contributed by atoms with Gasteiger partial charge in [0.05, 0.1) is 10.6 Å². The smallest absolute Gasteiger partial charge is 0.220 e. The van der Waals surface area contributed by atoms with Gasteiger partial charge in [-0.25, -0.2) is 0 Å². The molecule has 1 unspecified atom stereocenters. The van der Waals surface area contributed by atoms with E-state index in [-0.39, 0.29) is 18.2 Å². The van der Waals surface area contributed by atoms with Crippen molar-refractivity contribution >= 4 is 28.4 Å². The molecule has 0 aliphatic heterocycles. The lowest BCUT2D eigenvalue weighted by Crippen LogP contribution is -2.27. The molecule has 0 saturated heterocycles. The number of amides is 1. The number of hydrogen-bond donors (Lipinski definition) is 1. The van der Waals surface area contributed by atoms with Crippen LogP contribution in [0.5, 0.6) is 0 Å². The minimum absolute atomic E-state index is 0.0790. The molecule has 0 radical (unpaired) electrons. The van der Waals surface area contributed by atoms with Crippen LogP contribution in [-0.4, -0.2) is 22.0 Å². The summed E-state index contributed by atoms with van der Waals surface area (Å²) < 4.78 is 2.23. The van der Waals surface area contributed by atoms with Gasteiger partial charge in [-0.3, -0.25) is 9.78 Å². The van der Waals surface area contributed by atoms with Gasteiger partial charge in [0.1, 0.15) is 6.07 Å². The predicted molar refractivity (Wildman–Crippen MR) is 156 cm³/mol. The summed E-state index contributed by atoms with van der Waals surface area (Å²) in [5, 5.41) is 14.1. The second kappa shape index (κ2) is 12.0. The number of carbonyl (C=O) groups excluding carboxylic acids is 1. The van der Waals surface area contributed by atoms with Gasteiger partial charge in [-0.2, -0.15) is 5.26 Å². The minimum Gasteiger partial charge on any atom is -0.356 e. The Labute approximate surface area is 233 Å². The lowest BCUT2D eigenvalue weighted by molar-refractivity contribution is -0.121. The van der Waals surface area contributed by atoms with Crippen LogP contribution in [0.15, 0.2) is 97.3 Å². The molecule has 194 valence electrons. The fraction of sp³-hybridized carbons (Fsp3) is 0.182. The molecule has 0 saturated carbocycles. The average Bonchev–Trinajstić information content (AvgIpc) is 3.32. The van der Waals surface area contributed by atoms with Crippen LogP contribution in [0.4, 0.5) is 0 Å². The maximum absolute atomic E-state index is 13.3. The molecule has 0 fully saturated rings. The Morgan fingerprint density at radius 3 is 2.56 bits per heavy atom. The highest BCUT2D eigenvalue weighted by atomic mass is 35.5. The monoisotopic (exact) mass is 532 g/mol. The van der Waals surface area contributed by atoms with Crippen LogP contribution in [0.3, 0.4) is 0 Å². The highest BCUT2D eigenvalue weighted by Gasteiger charge is 2.25. The molecule has 3 aromatic carbocycles. The number of aromatic nitrogens is 2. The quantitative estimate of drug-likeness (QED) is 0.227. The summed E-state index contributed by atoms with van der Waals surface area (Å²) in [5.41, 5.74) is 6.61. The normalized spacial score (nSPS) is 11.7. The number of aryl methyl sites for hydroxylation is 1. The predicted octanol–water partition coefficient (Wildman–Crippen LogP) is 6.80. The zero-order chi connectivity index (χ0) is 27.2.